The summed E-state index contributed by atoms with van der Waals surface area (Å²) >= 11 is 5.88. The van der Waals surface area contributed by atoms with Crippen molar-refractivity contribution in [3.05, 3.63) is 52.5 Å². The van der Waals surface area contributed by atoms with Crippen LogP contribution < -0.4 is 11.1 Å². The monoisotopic (exact) mass is 311 g/mol. The van der Waals surface area contributed by atoms with Crippen molar-refractivity contribution in [2.24, 2.45) is 0 Å². The second kappa shape index (κ2) is 5.54. The highest BCUT2D eigenvalue weighted by Crippen LogP contribution is 2.35. The normalized spacial score (nSPS) is 11.0. The first-order chi connectivity index (χ1) is 9.81. The molecular weight excluding hydrogens is 303 g/mol. The van der Waals surface area contributed by atoms with E-state index in [2.05, 4.69) is 5.32 Å². The molecule has 0 atom stereocenters. The number of nitriles is 1. The Morgan fingerprint density at radius 1 is 1.14 bits per heavy atom. The number of anilines is 3. The molecule has 0 saturated heterocycles. The predicted molar refractivity (Wildman–Crippen MR) is 75.3 cm³/mol. The molecule has 2 rings (SSSR count). The van der Waals surface area contributed by atoms with Gasteiger partial charge in [-0.3, -0.25) is 0 Å². The van der Waals surface area contributed by atoms with E-state index in [-0.39, 0.29) is 22.0 Å². The Kier molecular flexibility index (Phi) is 3.96. The molecule has 0 radical (unpaired) electrons. The van der Waals surface area contributed by atoms with Gasteiger partial charge in [0.25, 0.3) is 0 Å². The zero-order valence-electron chi connectivity index (χ0n) is 10.5. The van der Waals surface area contributed by atoms with E-state index in [1.54, 1.807) is 6.07 Å². The second-order valence-electron chi connectivity index (χ2n) is 4.23. The first-order valence-electron chi connectivity index (χ1n) is 5.74. The van der Waals surface area contributed by atoms with Gasteiger partial charge in [-0.15, -0.1) is 0 Å². The minimum Gasteiger partial charge on any atom is -0.398 e. The van der Waals surface area contributed by atoms with E-state index in [1.165, 1.54) is 12.1 Å². The van der Waals surface area contributed by atoms with Gasteiger partial charge in [0.2, 0.25) is 0 Å². The summed E-state index contributed by atoms with van der Waals surface area (Å²) in [6.45, 7) is 0. The molecule has 0 aromatic heterocycles. The van der Waals surface area contributed by atoms with Crippen LogP contribution in [0.1, 0.15) is 11.1 Å². The lowest BCUT2D eigenvalue weighted by atomic mass is 10.1. The van der Waals surface area contributed by atoms with Crippen LogP contribution in [0.4, 0.5) is 30.2 Å². The van der Waals surface area contributed by atoms with Crippen molar-refractivity contribution in [1.82, 2.24) is 0 Å². The highest BCUT2D eigenvalue weighted by molar-refractivity contribution is 6.33. The molecule has 3 nitrogen and oxygen atoms in total. The van der Waals surface area contributed by atoms with E-state index in [1.807, 2.05) is 6.07 Å². The van der Waals surface area contributed by atoms with Gasteiger partial charge in [-0.25, -0.2) is 0 Å². The summed E-state index contributed by atoms with van der Waals surface area (Å²) in [5.41, 5.74) is 5.80. The summed E-state index contributed by atoms with van der Waals surface area (Å²) in [4.78, 5) is 0. The second-order valence-corrected chi connectivity index (χ2v) is 4.64. The summed E-state index contributed by atoms with van der Waals surface area (Å²) < 4.78 is 38.0. The predicted octanol–water partition coefficient (Wildman–Crippen LogP) is 4.56. The standard InChI is InChI=1S/C14H9ClF3N3/c15-11-3-1-9(14(16,17)18)6-13(11)21-10-2-4-12(20)8(5-10)7-19/h1-6,21H,20H2. The molecule has 0 aliphatic rings. The number of nitrogens with one attached hydrogen (secondary N) is 1. The number of hydrogen-bond donors (Lipinski definition) is 2. The molecule has 2 aromatic rings. The minimum absolute atomic E-state index is 0.0974. The van der Waals surface area contributed by atoms with Crippen LogP contribution in [-0.4, -0.2) is 0 Å². The first-order valence-corrected chi connectivity index (χ1v) is 6.12. The van der Waals surface area contributed by atoms with Crippen molar-refractivity contribution in [2.75, 3.05) is 11.1 Å². The van der Waals surface area contributed by atoms with Gasteiger partial charge in [-0.2, -0.15) is 18.4 Å². The topological polar surface area (TPSA) is 61.8 Å². The lowest BCUT2D eigenvalue weighted by molar-refractivity contribution is -0.137. The van der Waals surface area contributed by atoms with Gasteiger partial charge in [0.05, 0.1) is 21.8 Å². The van der Waals surface area contributed by atoms with Crippen LogP contribution >= 0.6 is 11.6 Å². The molecule has 0 saturated carbocycles. The molecule has 2 aromatic carbocycles. The maximum absolute atomic E-state index is 12.7. The smallest absolute Gasteiger partial charge is 0.398 e. The van der Waals surface area contributed by atoms with Crippen LogP contribution in [0.5, 0.6) is 0 Å². The Bertz CT molecular complexity index is 720. The van der Waals surface area contributed by atoms with Crippen molar-refractivity contribution in [2.45, 2.75) is 6.18 Å². The van der Waals surface area contributed by atoms with E-state index in [0.717, 1.165) is 18.2 Å². The Hall–Kier alpha value is -2.39. The number of nitrogen functional groups attached to an aromatic ring is 1. The quantitative estimate of drug-likeness (QED) is 0.799. The molecule has 0 bridgehead atoms. The lowest BCUT2D eigenvalue weighted by Gasteiger charge is -2.13. The summed E-state index contributed by atoms with van der Waals surface area (Å²) in [5.74, 6) is 0. The number of hydrogen-bond acceptors (Lipinski definition) is 3. The molecule has 0 amide bonds. The van der Waals surface area contributed by atoms with Gasteiger partial charge in [-0.1, -0.05) is 11.6 Å². The van der Waals surface area contributed by atoms with Crippen LogP contribution in [0.3, 0.4) is 0 Å². The Labute approximate surface area is 123 Å². The molecule has 108 valence electrons. The summed E-state index contributed by atoms with van der Waals surface area (Å²) in [7, 11) is 0. The van der Waals surface area contributed by atoms with Gasteiger partial charge >= 0.3 is 6.18 Å². The van der Waals surface area contributed by atoms with Gasteiger partial charge in [0.1, 0.15) is 6.07 Å². The molecule has 0 spiro atoms. The van der Waals surface area contributed by atoms with E-state index >= 15 is 0 Å². The van der Waals surface area contributed by atoms with Gasteiger partial charge in [0.15, 0.2) is 0 Å². The molecular formula is C14H9ClF3N3. The molecule has 0 heterocycles. The largest absolute Gasteiger partial charge is 0.416 e. The number of benzene rings is 2. The summed E-state index contributed by atoms with van der Waals surface area (Å²) in [6.07, 6.45) is -4.46. The number of nitrogens with zero attached hydrogens (tertiary/aromatic N) is 1. The van der Waals surface area contributed by atoms with Gasteiger partial charge < -0.3 is 11.1 Å². The van der Waals surface area contributed by atoms with Crippen LogP contribution in [-0.2, 0) is 6.18 Å². The molecule has 7 heteroatoms. The fourth-order valence-corrected chi connectivity index (χ4v) is 1.85. The molecule has 0 unspecified atom stereocenters. The summed E-state index contributed by atoms with van der Waals surface area (Å²) in [5, 5.41) is 11.8. The van der Waals surface area contributed by atoms with Gasteiger partial charge in [-0.05, 0) is 36.4 Å². The van der Waals surface area contributed by atoms with Crippen LogP contribution in [0.15, 0.2) is 36.4 Å². The van der Waals surface area contributed by atoms with Gasteiger partial charge in [0, 0.05) is 11.4 Å². The van der Waals surface area contributed by atoms with Crippen molar-refractivity contribution in [3.8, 4) is 6.07 Å². The molecule has 21 heavy (non-hydrogen) atoms. The van der Waals surface area contributed by atoms with Crippen molar-refractivity contribution in [3.63, 3.8) is 0 Å². The fourth-order valence-electron chi connectivity index (χ4n) is 1.68. The molecule has 0 fully saturated rings. The highest BCUT2D eigenvalue weighted by atomic mass is 35.5. The average molecular weight is 312 g/mol. The first kappa shape index (κ1) is 15.0. The van der Waals surface area contributed by atoms with Crippen molar-refractivity contribution < 1.29 is 13.2 Å². The minimum atomic E-state index is -4.46. The maximum atomic E-state index is 12.7. The SMILES string of the molecule is N#Cc1cc(Nc2cc(C(F)(F)F)ccc2Cl)ccc1N. The van der Waals surface area contributed by atoms with E-state index in [4.69, 9.17) is 22.6 Å². The molecule has 0 aliphatic heterocycles. The Morgan fingerprint density at radius 3 is 2.48 bits per heavy atom. The van der Waals surface area contributed by atoms with Crippen LogP contribution in [0.2, 0.25) is 5.02 Å². The third-order valence-corrected chi connectivity index (χ3v) is 3.08. The number of alkyl halides is 3. The van der Waals surface area contributed by atoms with Crippen molar-refractivity contribution >= 4 is 28.7 Å². The Balaban J connectivity index is 2.38. The number of rotatable bonds is 2. The molecule has 3 N–H and O–H groups in total. The maximum Gasteiger partial charge on any atom is 0.416 e. The fraction of sp³-hybridized carbons (Fsp3) is 0.0714. The highest BCUT2D eigenvalue weighted by Gasteiger charge is 2.30. The van der Waals surface area contributed by atoms with E-state index in [0.29, 0.717) is 5.69 Å². The van der Waals surface area contributed by atoms with E-state index in [9.17, 15) is 13.2 Å². The molecule has 0 aliphatic carbocycles. The van der Waals surface area contributed by atoms with Crippen LogP contribution in [0.25, 0.3) is 0 Å². The van der Waals surface area contributed by atoms with E-state index < -0.39 is 11.7 Å². The van der Waals surface area contributed by atoms with Crippen LogP contribution in [0, 0.1) is 11.3 Å². The third kappa shape index (κ3) is 3.38. The zero-order chi connectivity index (χ0) is 15.6. The third-order valence-electron chi connectivity index (χ3n) is 2.75. The number of nitrogens with two attached hydrogens (primary N) is 1. The zero-order valence-corrected chi connectivity index (χ0v) is 11.3. The summed E-state index contributed by atoms with van der Waals surface area (Å²) in [6, 6.07) is 9.34. The lowest BCUT2D eigenvalue weighted by Crippen LogP contribution is -2.05. The van der Waals surface area contributed by atoms with Crippen molar-refractivity contribution in [1.29, 1.82) is 5.26 Å². The Morgan fingerprint density at radius 2 is 1.86 bits per heavy atom. The average Bonchev–Trinajstić information content (AvgIpc) is 2.42. The number of halogens is 4.